The van der Waals surface area contributed by atoms with Crippen LogP contribution in [-0.2, 0) is 26.4 Å². The van der Waals surface area contributed by atoms with Gasteiger partial charge in [-0.05, 0) is 6.92 Å². The predicted octanol–water partition coefficient (Wildman–Crippen LogP) is 0.438. The maximum Gasteiger partial charge on any atom is 0.194 e. The normalized spacial score (nSPS) is 18.3. The SMILES string of the molecule is CCNC(=NCCOCCS(C)(=O)=O)N1CCOC(c2cnn(C)c2)C1.I. The van der Waals surface area contributed by atoms with Crippen molar-refractivity contribution in [1.82, 2.24) is 20.0 Å². The molecule has 27 heavy (non-hydrogen) atoms. The fraction of sp³-hybridized carbons (Fsp3) is 0.750. The molecule has 156 valence electrons. The lowest BCUT2D eigenvalue weighted by atomic mass is 10.1. The minimum atomic E-state index is -2.99. The molecule has 2 rings (SSSR count). The van der Waals surface area contributed by atoms with E-state index in [0.29, 0.717) is 26.3 Å². The molecule has 9 nitrogen and oxygen atoms in total. The van der Waals surface area contributed by atoms with E-state index in [2.05, 4.69) is 20.3 Å². The van der Waals surface area contributed by atoms with E-state index in [1.165, 1.54) is 6.26 Å². The molecule has 0 aliphatic carbocycles. The second kappa shape index (κ2) is 11.8. The van der Waals surface area contributed by atoms with Gasteiger partial charge in [-0.1, -0.05) is 0 Å². The summed E-state index contributed by atoms with van der Waals surface area (Å²) in [5, 5.41) is 7.50. The Kier molecular flexibility index (Phi) is 10.6. The topological polar surface area (TPSA) is 98.1 Å². The van der Waals surface area contributed by atoms with E-state index in [1.54, 1.807) is 4.68 Å². The van der Waals surface area contributed by atoms with Gasteiger partial charge in [0.2, 0.25) is 0 Å². The highest BCUT2D eigenvalue weighted by atomic mass is 127. The molecule has 1 aromatic rings. The second-order valence-corrected chi connectivity index (χ2v) is 8.49. The second-order valence-electron chi connectivity index (χ2n) is 6.23. The summed E-state index contributed by atoms with van der Waals surface area (Å²) >= 11 is 0. The van der Waals surface area contributed by atoms with Gasteiger partial charge in [-0.25, -0.2) is 8.42 Å². The van der Waals surface area contributed by atoms with Gasteiger partial charge in [0.25, 0.3) is 0 Å². The first-order valence-corrected chi connectivity index (χ1v) is 10.8. The van der Waals surface area contributed by atoms with Crippen LogP contribution in [-0.4, -0.2) is 87.1 Å². The van der Waals surface area contributed by atoms with Crippen LogP contribution in [0.25, 0.3) is 0 Å². The summed E-state index contributed by atoms with van der Waals surface area (Å²) < 4.78 is 35.1. The number of aliphatic imine (C=N–C) groups is 1. The van der Waals surface area contributed by atoms with Crippen molar-refractivity contribution in [1.29, 1.82) is 0 Å². The summed E-state index contributed by atoms with van der Waals surface area (Å²) in [6, 6.07) is 0. The van der Waals surface area contributed by atoms with Crippen molar-refractivity contribution >= 4 is 39.8 Å². The summed E-state index contributed by atoms with van der Waals surface area (Å²) in [5.41, 5.74) is 1.05. The first-order valence-electron chi connectivity index (χ1n) is 8.78. The van der Waals surface area contributed by atoms with Crippen molar-refractivity contribution in [3.05, 3.63) is 18.0 Å². The van der Waals surface area contributed by atoms with E-state index < -0.39 is 9.84 Å². The molecule has 1 fully saturated rings. The highest BCUT2D eigenvalue weighted by Gasteiger charge is 2.25. The van der Waals surface area contributed by atoms with Gasteiger partial charge in [0.1, 0.15) is 15.9 Å². The van der Waals surface area contributed by atoms with Gasteiger partial charge in [-0.2, -0.15) is 5.10 Å². The number of morpholine rings is 1. The number of aryl methyl sites for hydroxylation is 1. The van der Waals surface area contributed by atoms with Gasteiger partial charge in [0.15, 0.2) is 5.96 Å². The Bertz CT molecular complexity index is 695. The zero-order valence-corrected chi connectivity index (χ0v) is 19.3. The van der Waals surface area contributed by atoms with Crippen LogP contribution in [0.1, 0.15) is 18.6 Å². The molecule has 0 spiro atoms. The Morgan fingerprint density at radius 2 is 2.26 bits per heavy atom. The van der Waals surface area contributed by atoms with Gasteiger partial charge in [-0.15, -0.1) is 24.0 Å². The van der Waals surface area contributed by atoms with Gasteiger partial charge in [0, 0.05) is 38.2 Å². The molecule has 1 aromatic heterocycles. The molecule has 2 heterocycles. The van der Waals surface area contributed by atoms with Crippen molar-refractivity contribution in [3.63, 3.8) is 0 Å². The molecule has 11 heteroatoms. The van der Waals surface area contributed by atoms with Gasteiger partial charge >= 0.3 is 0 Å². The molecule has 0 saturated carbocycles. The third kappa shape index (κ3) is 8.75. The third-order valence-electron chi connectivity index (χ3n) is 3.89. The Hall–Kier alpha value is -0.920. The van der Waals surface area contributed by atoms with Crippen molar-refractivity contribution in [2.24, 2.45) is 12.0 Å². The van der Waals surface area contributed by atoms with E-state index in [4.69, 9.17) is 9.47 Å². The van der Waals surface area contributed by atoms with E-state index in [0.717, 1.165) is 24.6 Å². The lowest BCUT2D eigenvalue weighted by Crippen LogP contribution is -2.48. The number of hydrogen-bond donors (Lipinski definition) is 1. The molecule has 0 amide bonds. The molecule has 0 radical (unpaired) electrons. The lowest BCUT2D eigenvalue weighted by molar-refractivity contribution is -0.00808. The van der Waals surface area contributed by atoms with E-state index >= 15 is 0 Å². The highest BCUT2D eigenvalue weighted by molar-refractivity contribution is 14.0. The van der Waals surface area contributed by atoms with Crippen LogP contribution < -0.4 is 5.32 Å². The smallest absolute Gasteiger partial charge is 0.194 e. The van der Waals surface area contributed by atoms with Crippen LogP contribution in [0.5, 0.6) is 0 Å². The number of rotatable bonds is 8. The summed E-state index contributed by atoms with van der Waals surface area (Å²) in [5.74, 6) is 0.851. The number of nitrogens with zero attached hydrogens (tertiary/aromatic N) is 4. The fourth-order valence-corrected chi connectivity index (χ4v) is 3.02. The molecule has 1 aliphatic rings. The zero-order chi connectivity index (χ0) is 19.0. The molecule has 1 unspecified atom stereocenters. The molecule has 1 atom stereocenters. The molecule has 1 aliphatic heterocycles. The number of sulfone groups is 1. The van der Waals surface area contributed by atoms with E-state index in [9.17, 15) is 8.42 Å². The van der Waals surface area contributed by atoms with Gasteiger partial charge < -0.3 is 19.7 Å². The number of nitrogens with one attached hydrogen (secondary N) is 1. The molecule has 0 aromatic carbocycles. The number of ether oxygens (including phenoxy) is 2. The Balaban J connectivity index is 0.00000364. The van der Waals surface area contributed by atoms with Crippen LogP contribution in [0.15, 0.2) is 17.4 Å². The Labute approximate surface area is 178 Å². The highest BCUT2D eigenvalue weighted by Crippen LogP contribution is 2.21. The average Bonchev–Trinajstić information content (AvgIpc) is 3.02. The zero-order valence-electron chi connectivity index (χ0n) is 16.1. The number of halogens is 1. The minimum Gasteiger partial charge on any atom is -0.378 e. The standard InChI is InChI=1S/C16H29N5O4S.HI/c1-4-17-16(18-5-7-24-9-10-26(3,22)23)21-6-8-25-15(13-21)14-11-19-20(2)12-14;/h11-12,15H,4-10,13H2,1-3H3,(H,17,18);1H. The summed E-state index contributed by atoms with van der Waals surface area (Å²) in [6.07, 6.45) is 4.96. The van der Waals surface area contributed by atoms with Crippen molar-refractivity contribution in [3.8, 4) is 0 Å². The maximum atomic E-state index is 11.1. The van der Waals surface area contributed by atoms with Crippen LogP contribution in [0, 0.1) is 0 Å². The van der Waals surface area contributed by atoms with Crippen LogP contribution >= 0.6 is 24.0 Å². The molecule has 1 saturated heterocycles. The number of guanidine groups is 1. The van der Waals surface area contributed by atoms with Crippen molar-refractivity contribution in [2.45, 2.75) is 13.0 Å². The number of hydrogen-bond acceptors (Lipinski definition) is 6. The molecule has 0 bridgehead atoms. The van der Waals surface area contributed by atoms with E-state index in [1.807, 2.05) is 26.4 Å². The van der Waals surface area contributed by atoms with Crippen molar-refractivity contribution < 1.29 is 17.9 Å². The van der Waals surface area contributed by atoms with Crippen molar-refractivity contribution in [2.75, 3.05) is 58.0 Å². The Morgan fingerprint density at radius 3 is 2.89 bits per heavy atom. The quantitative estimate of drug-likeness (QED) is 0.232. The largest absolute Gasteiger partial charge is 0.378 e. The van der Waals surface area contributed by atoms with Crippen LogP contribution in [0.2, 0.25) is 0 Å². The molecule has 1 N–H and O–H groups in total. The van der Waals surface area contributed by atoms with Crippen LogP contribution in [0.3, 0.4) is 0 Å². The fourth-order valence-electron chi connectivity index (χ4n) is 2.60. The van der Waals surface area contributed by atoms with Gasteiger partial charge in [0.05, 0.1) is 44.9 Å². The maximum absolute atomic E-state index is 11.1. The van der Waals surface area contributed by atoms with Crippen LogP contribution in [0.4, 0.5) is 0 Å². The molecular formula is C16H30IN5O4S. The first kappa shape index (κ1) is 24.1. The number of aromatic nitrogens is 2. The Morgan fingerprint density at radius 1 is 1.48 bits per heavy atom. The lowest BCUT2D eigenvalue weighted by Gasteiger charge is -2.34. The summed E-state index contributed by atoms with van der Waals surface area (Å²) in [7, 11) is -1.10. The van der Waals surface area contributed by atoms with Gasteiger partial charge in [-0.3, -0.25) is 9.67 Å². The predicted molar refractivity (Wildman–Crippen MR) is 115 cm³/mol. The monoisotopic (exact) mass is 515 g/mol. The summed E-state index contributed by atoms with van der Waals surface area (Å²) in [6.45, 7) is 5.94. The first-order chi connectivity index (χ1) is 12.4. The van der Waals surface area contributed by atoms with E-state index in [-0.39, 0.29) is 42.4 Å². The average molecular weight is 515 g/mol. The molecular weight excluding hydrogens is 485 g/mol. The third-order valence-corrected chi connectivity index (χ3v) is 4.80. The minimum absolute atomic E-state index is 0. The summed E-state index contributed by atoms with van der Waals surface area (Å²) in [4.78, 5) is 6.75.